The molecule has 1 heterocycles. The molecule has 0 aliphatic heterocycles. The van der Waals surface area contributed by atoms with Gasteiger partial charge in [-0.1, -0.05) is 29.4 Å². The van der Waals surface area contributed by atoms with Crippen molar-refractivity contribution >= 4 is 12.4 Å². The first kappa shape index (κ1) is 17.5. The molecule has 2 N–H and O–H groups in total. The molecule has 0 radical (unpaired) electrons. The zero-order chi connectivity index (χ0) is 16.4. The van der Waals surface area contributed by atoms with E-state index >= 15 is 0 Å². The Kier molecular flexibility index (Phi) is 5.36. The number of nitrogens with zero attached hydrogens (tertiary/aromatic N) is 2. The van der Waals surface area contributed by atoms with Crippen molar-refractivity contribution in [3.8, 4) is 28.6 Å². The number of benzene rings is 2. The van der Waals surface area contributed by atoms with E-state index in [4.69, 9.17) is 15.0 Å². The van der Waals surface area contributed by atoms with Crippen molar-refractivity contribution in [1.82, 2.24) is 10.1 Å². The predicted octanol–water partition coefficient (Wildman–Crippen LogP) is 4.07. The molecular formula is C19H20ClN3O2. The maximum absolute atomic E-state index is 5.74. The zero-order valence-corrected chi connectivity index (χ0v) is 14.5. The molecule has 0 amide bonds. The molecule has 4 rings (SSSR count). The van der Waals surface area contributed by atoms with Crippen LogP contribution in [-0.4, -0.2) is 16.7 Å². The molecule has 0 saturated heterocycles. The first-order valence-electron chi connectivity index (χ1n) is 8.18. The Hall–Kier alpha value is -2.37. The van der Waals surface area contributed by atoms with E-state index in [1.807, 2.05) is 48.5 Å². The quantitative estimate of drug-likeness (QED) is 0.719. The van der Waals surface area contributed by atoms with E-state index < -0.39 is 0 Å². The summed E-state index contributed by atoms with van der Waals surface area (Å²) in [5.41, 5.74) is 8.48. The molecule has 0 atom stereocenters. The van der Waals surface area contributed by atoms with Gasteiger partial charge in [0.15, 0.2) is 0 Å². The van der Waals surface area contributed by atoms with Gasteiger partial charge >= 0.3 is 0 Å². The molecule has 3 aromatic rings. The standard InChI is InChI=1S/C19H19N3O2.ClH/c20-11-13-3-5-15(6-4-13)18-21-19(24-22-18)16-7-9-17(10-8-16)23-12-14-1-2-14;/h3-10,14H,1-2,11-12,20H2;1H. The van der Waals surface area contributed by atoms with Crippen LogP contribution in [0, 0.1) is 5.92 Å². The van der Waals surface area contributed by atoms with Crippen molar-refractivity contribution in [1.29, 1.82) is 0 Å². The van der Waals surface area contributed by atoms with E-state index in [1.165, 1.54) is 12.8 Å². The highest BCUT2D eigenvalue weighted by Crippen LogP contribution is 2.30. The largest absolute Gasteiger partial charge is 0.493 e. The zero-order valence-electron chi connectivity index (χ0n) is 13.7. The lowest BCUT2D eigenvalue weighted by atomic mass is 10.1. The molecular weight excluding hydrogens is 338 g/mol. The van der Waals surface area contributed by atoms with Gasteiger partial charge in [0, 0.05) is 17.7 Å². The number of hydrogen-bond donors (Lipinski definition) is 1. The van der Waals surface area contributed by atoms with Gasteiger partial charge in [0.1, 0.15) is 5.75 Å². The lowest BCUT2D eigenvalue weighted by Crippen LogP contribution is -1.98. The van der Waals surface area contributed by atoms with E-state index in [9.17, 15) is 0 Å². The highest BCUT2D eigenvalue weighted by atomic mass is 35.5. The summed E-state index contributed by atoms with van der Waals surface area (Å²) in [6.45, 7) is 1.33. The fourth-order valence-corrected chi connectivity index (χ4v) is 2.44. The normalized spacial score (nSPS) is 13.3. The maximum atomic E-state index is 5.74. The molecule has 1 aromatic heterocycles. The van der Waals surface area contributed by atoms with Crippen LogP contribution in [0.1, 0.15) is 18.4 Å². The minimum absolute atomic E-state index is 0. The molecule has 1 fully saturated rings. The Morgan fingerprint density at radius 3 is 2.32 bits per heavy atom. The number of rotatable bonds is 6. The Balaban J connectivity index is 0.00000182. The van der Waals surface area contributed by atoms with Crippen molar-refractivity contribution < 1.29 is 9.26 Å². The second kappa shape index (κ2) is 7.68. The summed E-state index contributed by atoms with van der Waals surface area (Å²) in [7, 11) is 0. The summed E-state index contributed by atoms with van der Waals surface area (Å²) in [4.78, 5) is 4.47. The van der Waals surface area contributed by atoms with Gasteiger partial charge in [0.05, 0.1) is 6.61 Å². The van der Waals surface area contributed by atoms with Crippen LogP contribution in [-0.2, 0) is 6.54 Å². The second-order valence-corrected chi connectivity index (χ2v) is 6.10. The third-order valence-electron chi connectivity index (χ3n) is 4.16. The molecule has 1 aliphatic carbocycles. The number of halogens is 1. The van der Waals surface area contributed by atoms with Crippen molar-refractivity contribution in [3.63, 3.8) is 0 Å². The highest BCUT2D eigenvalue weighted by molar-refractivity contribution is 5.85. The lowest BCUT2D eigenvalue weighted by Gasteiger charge is -2.04. The van der Waals surface area contributed by atoms with Crippen LogP contribution in [0.25, 0.3) is 22.8 Å². The topological polar surface area (TPSA) is 74.2 Å². The summed E-state index contributed by atoms with van der Waals surface area (Å²) >= 11 is 0. The minimum Gasteiger partial charge on any atom is -0.493 e. The highest BCUT2D eigenvalue weighted by Gasteiger charge is 2.21. The summed E-state index contributed by atoms with van der Waals surface area (Å²) in [6, 6.07) is 15.6. The van der Waals surface area contributed by atoms with Crippen molar-refractivity contribution in [2.75, 3.05) is 6.61 Å². The van der Waals surface area contributed by atoms with E-state index in [0.29, 0.717) is 18.3 Å². The molecule has 0 bridgehead atoms. The molecule has 1 aliphatic rings. The average molecular weight is 358 g/mol. The van der Waals surface area contributed by atoms with E-state index in [-0.39, 0.29) is 12.4 Å². The van der Waals surface area contributed by atoms with Crippen LogP contribution in [0.5, 0.6) is 5.75 Å². The Morgan fingerprint density at radius 1 is 1.00 bits per heavy atom. The first-order chi connectivity index (χ1) is 11.8. The number of hydrogen-bond acceptors (Lipinski definition) is 5. The van der Waals surface area contributed by atoms with Crippen LogP contribution in [0.4, 0.5) is 0 Å². The molecule has 0 unspecified atom stereocenters. The fraction of sp³-hybridized carbons (Fsp3) is 0.263. The molecule has 0 spiro atoms. The summed E-state index contributed by atoms with van der Waals surface area (Å²) < 4.78 is 11.1. The van der Waals surface area contributed by atoms with Crippen LogP contribution < -0.4 is 10.5 Å². The fourth-order valence-electron chi connectivity index (χ4n) is 2.44. The van der Waals surface area contributed by atoms with Crippen LogP contribution in [0.3, 0.4) is 0 Å². The number of ether oxygens (including phenoxy) is 1. The Labute approximate surface area is 152 Å². The molecule has 6 heteroatoms. The van der Waals surface area contributed by atoms with Gasteiger partial charge in [0.25, 0.3) is 5.89 Å². The Morgan fingerprint density at radius 2 is 1.68 bits per heavy atom. The van der Waals surface area contributed by atoms with Gasteiger partial charge in [0.2, 0.25) is 5.82 Å². The van der Waals surface area contributed by atoms with Gasteiger partial charge in [-0.25, -0.2) is 0 Å². The molecule has 5 nitrogen and oxygen atoms in total. The second-order valence-electron chi connectivity index (χ2n) is 6.10. The van der Waals surface area contributed by atoms with E-state index in [2.05, 4.69) is 10.1 Å². The molecule has 130 valence electrons. The van der Waals surface area contributed by atoms with Crippen molar-refractivity contribution in [2.45, 2.75) is 19.4 Å². The third-order valence-corrected chi connectivity index (χ3v) is 4.16. The van der Waals surface area contributed by atoms with Crippen LogP contribution in [0.15, 0.2) is 53.1 Å². The minimum atomic E-state index is 0. The summed E-state index contributed by atoms with van der Waals surface area (Å²) in [5.74, 6) is 2.70. The van der Waals surface area contributed by atoms with Gasteiger partial charge in [-0.15, -0.1) is 12.4 Å². The van der Waals surface area contributed by atoms with E-state index in [0.717, 1.165) is 35.0 Å². The van der Waals surface area contributed by atoms with Crippen LogP contribution in [0.2, 0.25) is 0 Å². The summed E-state index contributed by atoms with van der Waals surface area (Å²) in [6.07, 6.45) is 2.57. The van der Waals surface area contributed by atoms with Gasteiger partial charge in [-0.3, -0.25) is 0 Å². The predicted molar refractivity (Wildman–Crippen MR) is 98.5 cm³/mol. The summed E-state index contributed by atoms with van der Waals surface area (Å²) in [5, 5.41) is 4.06. The molecule has 25 heavy (non-hydrogen) atoms. The number of nitrogens with two attached hydrogens (primary N) is 1. The molecule has 2 aromatic carbocycles. The molecule has 1 saturated carbocycles. The Bertz CT molecular complexity index is 811. The maximum Gasteiger partial charge on any atom is 0.258 e. The van der Waals surface area contributed by atoms with Crippen molar-refractivity contribution in [3.05, 3.63) is 54.1 Å². The van der Waals surface area contributed by atoms with E-state index in [1.54, 1.807) is 0 Å². The number of aromatic nitrogens is 2. The smallest absolute Gasteiger partial charge is 0.258 e. The SMILES string of the molecule is Cl.NCc1ccc(-c2noc(-c3ccc(OCC4CC4)cc3)n2)cc1. The van der Waals surface area contributed by atoms with Gasteiger partial charge in [-0.2, -0.15) is 4.98 Å². The van der Waals surface area contributed by atoms with Crippen LogP contribution >= 0.6 is 12.4 Å². The van der Waals surface area contributed by atoms with Gasteiger partial charge < -0.3 is 15.0 Å². The average Bonchev–Trinajstić information content (AvgIpc) is 3.35. The first-order valence-corrected chi connectivity index (χ1v) is 8.18. The third kappa shape index (κ3) is 4.18. The lowest BCUT2D eigenvalue weighted by molar-refractivity contribution is 0.300. The van der Waals surface area contributed by atoms with Crippen molar-refractivity contribution in [2.24, 2.45) is 11.7 Å². The van der Waals surface area contributed by atoms with Gasteiger partial charge in [-0.05, 0) is 48.6 Å². The monoisotopic (exact) mass is 357 g/mol.